The Morgan fingerprint density at radius 2 is 2.05 bits per heavy atom. The summed E-state index contributed by atoms with van der Waals surface area (Å²) < 4.78 is 14.9. The molecule has 2 aromatic rings. The summed E-state index contributed by atoms with van der Waals surface area (Å²) in [4.78, 5) is 0. The lowest BCUT2D eigenvalue weighted by Gasteiger charge is -2.18. The van der Waals surface area contributed by atoms with Gasteiger partial charge in [0.15, 0.2) is 0 Å². The molecule has 1 atom stereocenters. The molecule has 0 radical (unpaired) electrons. The molecule has 3 N–H and O–H groups in total. The Morgan fingerprint density at radius 1 is 1.30 bits per heavy atom. The van der Waals surface area contributed by atoms with Crippen LogP contribution in [0.5, 0.6) is 0 Å². The second kappa shape index (κ2) is 6.68. The number of nitrogens with two attached hydrogens (primary N) is 1. The van der Waals surface area contributed by atoms with Gasteiger partial charge in [-0.1, -0.05) is 45.7 Å². The van der Waals surface area contributed by atoms with E-state index >= 15 is 0 Å². The summed E-state index contributed by atoms with van der Waals surface area (Å²) in [7, 11) is 0. The molecule has 0 spiro atoms. The first-order chi connectivity index (χ1) is 9.51. The second-order valence-electron chi connectivity index (χ2n) is 4.68. The largest absolute Gasteiger partial charge is 0.271 e. The van der Waals surface area contributed by atoms with Gasteiger partial charge in [-0.25, -0.2) is 4.39 Å². The van der Waals surface area contributed by atoms with E-state index in [1.807, 2.05) is 31.2 Å². The van der Waals surface area contributed by atoms with Crippen LogP contribution in [0.25, 0.3) is 0 Å². The molecule has 0 aliphatic rings. The van der Waals surface area contributed by atoms with Crippen LogP contribution in [0.4, 0.5) is 4.39 Å². The van der Waals surface area contributed by atoms with Gasteiger partial charge < -0.3 is 0 Å². The smallest absolute Gasteiger partial charge is 0.128 e. The number of aryl methyl sites for hydroxylation is 1. The second-order valence-corrected chi connectivity index (χ2v) is 6.01. The van der Waals surface area contributed by atoms with Crippen molar-refractivity contribution < 1.29 is 4.39 Å². The minimum atomic E-state index is -0.325. The Morgan fingerprint density at radius 3 is 2.65 bits per heavy atom. The number of hydrazine groups is 1. The molecule has 2 rings (SSSR count). The van der Waals surface area contributed by atoms with Crippen molar-refractivity contribution in [1.29, 1.82) is 0 Å². The van der Waals surface area contributed by atoms with Crippen LogP contribution in [0, 0.1) is 12.7 Å². The van der Waals surface area contributed by atoms with Crippen molar-refractivity contribution in [3.63, 3.8) is 0 Å². The normalized spacial score (nSPS) is 12.4. The Kier molecular flexibility index (Phi) is 5.16. The van der Waals surface area contributed by atoms with Crippen molar-refractivity contribution in [3.8, 4) is 0 Å². The summed E-state index contributed by atoms with van der Waals surface area (Å²) in [6.45, 7) is 1.85. The third-order valence-electron chi connectivity index (χ3n) is 3.17. The van der Waals surface area contributed by atoms with Gasteiger partial charge in [0.05, 0.1) is 6.04 Å². The Hall–Kier alpha value is -0.940. The van der Waals surface area contributed by atoms with Gasteiger partial charge in [-0.3, -0.25) is 11.3 Å². The first kappa shape index (κ1) is 15.4. The molecule has 0 amide bonds. The fourth-order valence-electron chi connectivity index (χ4n) is 2.08. The van der Waals surface area contributed by atoms with Crippen molar-refractivity contribution in [3.05, 3.63) is 68.4 Å². The summed E-state index contributed by atoms with van der Waals surface area (Å²) >= 11 is 9.55. The molecule has 0 saturated heterocycles. The zero-order valence-electron chi connectivity index (χ0n) is 11.0. The fraction of sp³-hybridized carbons (Fsp3) is 0.200. The van der Waals surface area contributed by atoms with E-state index < -0.39 is 0 Å². The van der Waals surface area contributed by atoms with E-state index in [9.17, 15) is 4.39 Å². The van der Waals surface area contributed by atoms with Gasteiger partial charge in [-0.05, 0) is 42.7 Å². The van der Waals surface area contributed by atoms with Crippen molar-refractivity contribution in [2.75, 3.05) is 0 Å². The summed E-state index contributed by atoms with van der Waals surface area (Å²) in [5, 5.41) is 0.632. The summed E-state index contributed by atoms with van der Waals surface area (Å²) in [5.74, 6) is 5.31. The molecule has 106 valence electrons. The highest BCUT2D eigenvalue weighted by Gasteiger charge is 2.16. The van der Waals surface area contributed by atoms with Crippen LogP contribution < -0.4 is 11.3 Å². The molecule has 0 aliphatic carbocycles. The highest BCUT2D eigenvalue weighted by Crippen LogP contribution is 2.27. The van der Waals surface area contributed by atoms with Crippen LogP contribution in [0.2, 0.25) is 5.02 Å². The monoisotopic (exact) mass is 356 g/mol. The molecule has 1 unspecified atom stereocenters. The van der Waals surface area contributed by atoms with Gasteiger partial charge in [0, 0.05) is 15.1 Å². The third-order valence-corrected chi connectivity index (χ3v) is 4.02. The van der Waals surface area contributed by atoms with Gasteiger partial charge in [-0.2, -0.15) is 0 Å². The minimum absolute atomic E-state index is 0.263. The van der Waals surface area contributed by atoms with Gasteiger partial charge in [-0.15, -0.1) is 0 Å². The Balaban J connectivity index is 2.28. The molecule has 5 heteroatoms. The van der Waals surface area contributed by atoms with E-state index in [1.165, 1.54) is 6.07 Å². The number of rotatable bonds is 4. The van der Waals surface area contributed by atoms with E-state index in [1.54, 1.807) is 6.07 Å². The molecule has 0 aliphatic heterocycles. The molecule has 0 aromatic heterocycles. The Labute approximate surface area is 131 Å². The molecule has 20 heavy (non-hydrogen) atoms. The van der Waals surface area contributed by atoms with Gasteiger partial charge in [0.2, 0.25) is 0 Å². The molecule has 2 aromatic carbocycles. The minimum Gasteiger partial charge on any atom is -0.271 e. The molecule has 0 saturated carbocycles. The topological polar surface area (TPSA) is 38.0 Å². The molecule has 0 bridgehead atoms. The number of nitrogens with one attached hydrogen (secondary N) is 1. The Bertz CT molecular complexity index is 619. The zero-order valence-corrected chi connectivity index (χ0v) is 13.3. The molecule has 2 nitrogen and oxygen atoms in total. The maximum Gasteiger partial charge on any atom is 0.128 e. The molecular weight excluding hydrogens is 343 g/mol. The van der Waals surface area contributed by atoms with Crippen LogP contribution in [-0.2, 0) is 6.42 Å². The number of hydrogen-bond donors (Lipinski definition) is 2. The van der Waals surface area contributed by atoms with E-state index in [-0.39, 0.29) is 11.9 Å². The highest BCUT2D eigenvalue weighted by molar-refractivity contribution is 9.10. The van der Waals surface area contributed by atoms with Crippen LogP contribution in [0.1, 0.15) is 22.7 Å². The van der Waals surface area contributed by atoms with Gasteiger partial charge in [0.1, 0.15) is 5.82 Å². The summed E-state index contributed by atoms with van der Waals surface area (Å²) in [6, 6.07) is 10.4. The predicted octanol–water partition coefficient (Wildman–Crippen LogP) is 4.30. The van der Waals surface area contributed by atoms with Crippen molar-refractivity contribution >= 4 is 27.5 Å². The van der Waals surface area contributed by atoms with E-state index in [0.29, 0.717) is 17.0 Å². The van der Waals surface area contributed by atoms with E-state index in [0.717, 1.165) is 15.6 Å². The number of hydrogen-bond acceptors (Lipinski definition) is 2. The van der Waals surface area contributed by atoms with Crippen molar-refractivity contribution in [2.24, 2.45) is 5.84 Å². The summed E-state index contributed by atoms with van der Waals surface area (Å²) in [5.41, 5.74) is 4.99. The zero-order chi connectivity index (χ0) is 14.7. The first-order valence-electron chi connectivity index (χ1n) is 6.17. The standard InChI is InChI=1S/C15H15BrClFN2/c1-9-2-5-12(14(18)6-9)15(20-19)7-10-3-4-11(16)8-13(10)17/h2-6,8,15,20H,7,19H2,1H3. The quantitative estimate of drug-likeness (QED) is 0.632. The average Bonchev–Trinajstić information content (AvgIpc) is 2.39. The van der Waals surface area contributed by atoms with Crippen molar-refractivity contribution in [2.45, 2.75) is 19.4 Å². The van der Waals surface area contributed by atoms with Gasteiger partial charge >= 0.3 is 0 Å². The van der Waals surface area contributed by atoms with Gasteiger partial charge in [0.25, 0.3) is 0 Å². The van der Waals surface area contributed by atoms with Crippen LogP contribution in [-0.4, -0.2) is 0 Å². The lowest BCUT2D eigenvalue weighted by Crippen LogP contribution is -2.30. The van der Waals surface area contributed by atoms with Crippen LogP contribution in [0.15, 0.2) is 40.9 Å². The number of benzene rings is 2. The lowest BCUT2D eigenvalue weighted by molar-refractivity contribution is 0.510. The predicted molar refractivity (Wildman–Crippen MR) is 84.1 cm³/mol. The van der Waals surface area contributed by atoms with E-state index in [2.05, 4.69) is 21.4 Å². The van der Waals surface area contributed by atoms with Crippen molar-refractivity contribution in [1.82, 2.24) is 5.43 Å². The number of halogens is 3. The maximum absolute atomic E-state index is 14.0. The highest BCUT2D eigenvalue weighted by atomic mass is 79.9. The fourth-order valence-corrected chi connectivity index (χ4v) is 2.83. The van der Waals surface area contributed by atoms with Crippen LogP contribution in [0.3, 0.4) is 0 Å². The summed E-state index contributed by atoms with van der Waals surface area (Å²) in [6.07, 6.45) is 0.516. The molecule has 0 heterocycles. The van der Waals surface area contributed by atoms with E-state index in [4.69, 9.17) is 17.4 Å². The van der Waals surface area contributed by atoms with Crippen LogP contribution >= 0.6 is 27.5 Å². The maximum atomic E-state index is 14.0. The average molecular weight is 358 g/mol. The lowest BCUT2D eigenvalue weighted by atomic mass is 9.98. The SMILES string of the molecule is Cc1ccc(C(Cc2ccc(Br)cc2Cl)NN)c(F)c1. The molecular formula is C15H15BrClFN2. The third kappa shape index (κ3) is 3.58. The molecule has 0 fully saturated rings. The first-order valence-corrected chi connectivity index (χ1v) is 7.34.